The van der Waals surface area contributed by atoms with E-state index in [9.17, 15) is 9.59 Å². The molecular formula is C24H25ClN2O3S2. The van der Waals surface area contributed by atoms with E-state index in [-0.39, 0.29) is 24.4 Å². The lowest BCUT2D eigenvalue weighted by atomic mass is 10.0. The standard InChI is InChI=1S/C24H25ClN2O3S2/c1-2-11-26(24(29)22-4-3-13-31-22)15-23(28)27-12-9-21-19(10-14-32-21)20(27)16-30-18-7-5-17(25)6-8-18/h3-8,10,13-14,20H,2,9,11-12,15-16H2,1H3. The molecule has 8 heteroatoms. The highest BCUT2D eigenvalue weighted by Crippen LogP contribution is 2.34. The Morgan fingerprint density at radius 3 is 2.69 bits per heavy atom. The minimum absolute atomic E-state index is 0.0510. The van der Waals surface area contributed by atoms with E-state index in [0.29, 0.717) is 35.3 Å². The summed E-state index contributed by atoms with van der Waals surface area (Å²) < 4.78 is 6.04. The van der Waals surface area contributed by atoms with Crippen molar-refractivity contribution in [2.75, 3.05) is 26.2 Å². The van der Waals surface area contributed by atoms with Crippen LogP contribution in [0.1, 0.15) is 39.5 Å². The maximum atomic E-state index is 13.4. The highest BCUT2D eigenvalue weighted by molar-refractivity contribution is 7.12. The molecule has 0 fully saturated rings. The van der Waals surface area contributed by atoms with Crippen molar-refractivity contribution in [3.8, 4) is 5.75 Å². The fourth-order valence-electron chi connectivity index (χ4n) is 3.91. The second-order valence-corrected chi connectivity index (χ2v) is 10.0. The topological polar surface area (TPSA) is 49.9 Å². The first-order valence-corrected chi connectivity index (χ1v) is 12.8. The summed E-state index contributed by atoms with van der Waals surface area (Å²) in [5.74, 6) is 0.576. The summed E-state index contributed by atoms with van der Waals surface area (Å²) >= 11 is 9.10. The summed E-state index contributed by atoms with van der Waals surface area (Å²) in [6.07, 6.45) is 1.62. The first-order chi connectivity index (χ1) is 15.6. The van der Waals surface area contributed by atoms with Gasteiger partial charge < -0.3 is 14.5 Å². The summed E-state index contributed by atoms with van der Waals surface area (Å²) in [7, 11) is 0. The molecule has 32 heavy (non-hydrogen) atoms. The van der Waals surface area contributed by atoms with Crippen LogP contribution in [-0.2, 0) is 11.2 Å². The zero-order valence-corrected chi connectivity index (χ0v) is 20.2. The zero-order valence-electron chi connectivity index (χ0n) is 17.8. The maximum Gasteiger partial charge on any atom is 0.264 e. The SMILES string of the molecule is CCCN(CC(=O)N1CCc2sccc2C1COc1ccc(Cl)cc1)C(=O)c1cccs1. The molecule has 2 aromatic heterocycles. The second kappa shape index (κ2) is 10.5. The van der Waals surface area contributed by atoms with Gasteiger partial charge in [0.2, 0.25) is 5.91 Å². The van der Waals surface area contributed by atoms with Crippen LogP contribution < -0.4 is 4.74 Å². The summed E-state index contributed by atoms with van der Waals surface area (Å²) in [6, 6.07) is 12.8. The van der Waals surface area contributed by atoms with Gasteiger partial charge in [-0.1, -0.05) is 24.6 Å². The van der Waals surface area contributed by atoms with Crippen LogP contribution in [-0.4, -0.2) is 47.9 Å². The van der Waals surface area contributed by atoms with E-state index in [2.05, 4.69) is 11.4 Å². The van der Waals surface area contributed by atoms with Crippen LogP contribution in [0.2, 0.25) is 5.02 Å². The molecule has 5 nitrogen and oxygen atoms in total. The Kier molecular flexibility index (Phi) is 7.50. The number of benzene rings is 1. The van der Waals surface area contributed by atoms with Crippen molar-refractivity contribution >= 4 is 46.1 Å². The van der Waals surface area contributed by atoms with E-state index in [0.717, 1.165) is 18.4 Å². The number of halogens is 1. The Morgan fingerprint density at radius 2 is 1.97 bits per heavy atom. The molecule has 1 aliphatic rings. The molecule has 1 unspecified atom stereocenters. The Balaban J connectivity index is 1.50. The highest BCUT2D eigenvalue weighted by Gasteiger charge is 2.33. The molecule has 0 aliphatic carbocycles. The number of hydrogen-bond acceptors (Lipinski definition) is 5. The van der Waals surface area contributed by atoms with Crippen molar-refractivity contribution < 1.29 is 14.3 Å². The molecule has 2 amide bonds. The summed E-state index contributed by atoms with van der Waals surface area (Å²) in [5.41, 5.74) is 1.13. The Morgan fingerprint density at radius 1 is 1.16 bits per heavy atom. The van der Waals surface area contributed by atoms with Crippen molar-refractivity contribution in [2.24, 2.45) is 0 Å². The van der Waals surface area contributed by atoms with Crippen molar-refractivity contribution in [3.05, 3.63) is 73.6 Å². The van der Waals surface area contributed by atoms with Gasteiger partial charge >= 0.3 is 0 Å². The lowest BCUT2D eigenvalue weighted by Gasteiger charge is -2.37. The van der Waals surface area contributed by atoms with E-state index in [1.807, 2.05) is 35.4 Å². The number of carbonyl (C=O) groups excluding carboxylic acids is 2. The van der Waals surface area contributed by atoms with Crippen LogP contribution in [0.3, 0.4) is 0 Å². The lowest BCUT2D eigenvalue weighted by Crippen LogP contribution is -2.47. The number of amides is 2. The molecular weight excluding hydrogens is 464 g/mol. The number of carbonyl (C=O) groups is 2. The van der Waals surface area contributed by atoms with Gasteiger partial charge in [-0.15, -0.1) is 22.7 Å². The zero-order chi connectivity index (χ0) is 22.5. The number of nitrogens with zero attached hydrogens (tertiary/aromatic N) is 2. The number of rotatable bonds is 8. The van der Waals surface area contributed by atoms with E-state index in [1.165, 1.54) is 16.2 Å². The molecule has 168 valence electrons. The van der Waals surface area contributed by atoms with Crippen LogP contribution in [0.25, 0.3) is 0 Å². The molecule has 0 radical (unpaired) electrons. The third-order valence-corrected chi connectivity index (χ3v) is 7.58. The predicted molar refractivity (Wildman–Crippen MR) is 130 cm³/mol. The molecule has 0 N–H and O–H groups in total. The fourth-order valence-corrected chi connectivity index (χ4v) is 5.66. The molecule has 3 heterocycles. The van der Waals surface area contributed by atoms with Gasteiger partial charge in [-0.3, -0.25) is 9.59 Å². The molecule has 3 aromatic rings. The van der Waals surface area contributed by atoms with Crippen molar-refractivity contribution in [1.29, 1.82) is 0 Å². The van der Waals surface area contributed by atoms with Crippen LogP contribution >= 0.6 is 34.3 Å². The first-order valence-electron chi connectivity index (χ1n) is 10.6. The monoisotopic (exact) mass is 488 g/mol. The van der Waals surface area contributed by atoms with Crippen LogP contribution in [0.15, 0.2) is 53.2 Å². The van der Waals surface area contributed by atoms with Gasteiger partial charge in [-0.05, 0) is 65.6 Å². The molecule has 4 rings (SSSR count). The van der Waals surface area contributed by atoms with Crippen LogP contribution in [0.4, 0.5) is 0 Å². The molecule has 1 aromatic carbocycles. The summed E-state index contributed by atoms with van der Waals surface area (Å²) in [5, 5.41) is 4.60. The molecule has 0 saturated heterocycles. The number of hydrogen-bond donors (Lipinski definition) is 0. The lowest BCUT2D eigenvalue weighted by molar-refractivity contribution is -0.135. The third kappa shape index (κ3) is 5.17. The number of thiophene rings is 2. The molecule has 0 saturated carbocycles. The van der Waals surface area contributed by atoms with Gasteiger partial charge in [0.15, 0.2) is 0 Å². The van der Waals surface area contributed by atoms with Gasteiger partial charge in [-0.25, -0.2) is 0 Å². The highest BCUT2D eigenvalue weighted by atomic mass is 35.5. The summed E-state index contributed by atoms with van der Waals surface area (Å²) in [6.45, 7) is 3.60. The fraction of sp³-hybridized carbons (Fsp3) is 0.333. The van der Waals surface area contributed by atoms with Crippen molar-refractivity contribution in [2.45, 2.75) is 25.8 Å². The smallest absolute Gasteiger partial charge is 0.264 e. The van der Waals surface area contributed by atoms with Gasteiger partial charge in [0, 0.05) is 23.0 Å². The average Bonchev–Trinajstić information content (AvgIpc) is 3.50. The second-order valence-electron chi connectivity index (χ2n) is 7.62. The van der Waals surface area contributed by atoms with Gasteiger partial charge in [0.05, 0.1) is 10.9 Å². The maximum absolute atomic E-state index is 13.4. The number of fused-ring (bicyclic) bond motifs is 1. The minimum Gasteiger partial charge on any atom is -0.491 e. The molecule has 1 atom stereocenters. The van der Waals surface area contributed by atoms with E-state index in [4.69, 9.17) is 16.3 Å². The molecule has 1 aliphatic heterocycles. The Bertz CT molecular complexity index is 1050. The third-order valence-electron chi connectivity index (χ3n) is 5.48. The van der Waals surface area contributed by atoms with Gasteiger partial charge in [-0.2, -0.15) is 0 Å². The Labute approximate surface area is 201 Å². The predicted octanol–water partition coefficient (Wildman–Crippen LogP) is 5.52. The van der Waals surface area contributed by atoms with Crippen molar-refractivity contribution in [3.63, 3.8) is 0 Å². The van der Waals surface area contributed by atoms with E-state index >= 15 is 0 Å². The molecule has 0 spiro atoms. The number of ether oxygens (including phenoxy) is 1. The molecule has 0 bridgehead atoms. The average molecular weight is 489 g/mol. The largest absolute Gasteiger partial charge is 0.491 e. The van der Waals surface area contributed by atoms with E-state index in [1.54, 1.807) is 34.4 Å². The first kappa shape index (κ1) is 22.8. The van der Waals surface area contributed by atoms with Crippen LogP contribution in [0, 0.1) is 0 Å². The van der Waals surface area contributed by atoms with E-state index < -0.39 is 0 Å². The quantitative estimate of drug-likeness (QED) is 0.419. The van der Waals surface area contributed by atoms with Gasteiger partial charge in [0.25, 0.3) is 5.91 Å². The van der Waals surface area contributed by atoms with Crippen LogP contribution in [0.5, 0.6) is 5.75 Å². The minimum atomic E-state index is -0.187. The Hall–Kier alpha value is -2.35. The van der Waals surface area contributed by atoms with Crippen molar-refractivity contribution in [1.82, 2.24) is 9.80 Å². The van der Waals surface area contributed by atoms with Gasteiger partial charge in [0.1, 0.15) is 18.9 Å². The summed E-state index contributed by atoms with van der Waals surface area (Å²) in [4.78, 5) is 31.8. The normalized spacial score (nSPS) is 15.3.